The van der Waals surface area contributed by atoms with E-state index in [1.54, 1.807) is 4.90 Å². The predicted molar refractivity (Wildman–Crippen MR) is 137 cm³/mol. The van der Waals surface area contributed by atoms with Gasteiger partial charge in [-0.3, -0.25) is 14.5 Å². The van der Waals surface area contributed by atoms with Crippen LogP contribution < -0.4 is 0 Å². The number of nitrogens with zero attached hydrogens (tertiary/aromatic N) is 1. The fraction of sp³-hybridized carbons (Fsp3) is 0.862. The van der Waals surface area contributed by atoms with E-state index in [9.17, 15) is 9.59 Å². The van der Waals surface area contributed by atoms with Crippen LogP contribution in [0.25, 0.3) is 0 Å². The summed E-state index contributed by atoms with van der Waals surface area (Å²) in [5.41, 5.74) is 1.22. The van der Waals surface area contributed by atoms with Crippen LogP contribution in [0.1, 0.15) is 122 Å². The minimum atomic E-state index is -0.432. The van der Waals surface area contributed by atoms with Crippen molar-refractivity contribution in [3.05, 3.63) is 12.2 Å². The molecule has 1 aliphatic heterocycles. The van der Waals surface area contributed by atoms with Crippen LogP contribution in [-0.4, -0.2) is 22.3 Å². The van der Waals surface area contributed by atoms with Crippen LogP contribution in [0.5, 0.6) is 0 Å². The third-order valence-electron chi connectivity index (χ3n) is 8.73. The second-order valence-electron chi connectivity index (χ2n) is 14.6. The molecule has 1 rings (SSSR count). The predicted octanol–water partition coefficient (Wildman–Crippen LogP) is 8.04. The highest BCUT2D eigenvalue weighted by Crippen LogP contribution is 2.54. The Kier molecular flexibility index (Phi) is 8.37. The molecule has 1 aliphatic rings. The SMILES string of the molecule is C=C(CC1CC(=O)N(C(C)(C)CC(C)C)C1=O)CC(C)(C)C(C)(C)CC(C)(C)C(C)(C)C. The molecule has 2 amide bonds. The summed E-state index contributed by atoms with van der Waals surface area (Å²) >= 11 is 0. The first-order valence-electron chi connectivity index (χ1n) is 12.6. The monoisotopic (exact) mass is 447 g/mol. The summed E-state index contributed by atoms with van der Waals surface area (Å²) in [7, 11) is 0. The fourth-order valence-corrected chi connectivity index (χ4v) is 5.47. The lowest BCUT2D eigenvalue weighted by Gasteiger charge is -2.50. The van der Waals surface area contributed by atoms with Gasteiger partial charge in [0.2, 0.25) is 11.8 Å². The molecule has 3 heteroatoms. The van der Waals surface area contributed by atoms with E-state index in [0.29, 0.717) is 18.8 Å². The van der Waals surface area contributed by atoms with E-state index < -0.39 is 5.54 Å². The molecule has 0 aromatic heterocycles. The average Bonchev–Trinajstić information content (AvgIpc) is 2.77. The molecule has 32 heavy (non-hydrogen) atoms. The summed E-state index contributed by atoms with van der Waals surface area (Å²) in [6.45, 7) is 33.8. The zero-order valence-electron chi connectivity index (χ0n) is 23.7. The first-order valence-corrected chi connectivity index (χ1v) is 12.6. The number of amides is 2. The normalized spacial score (nSPS) is 19.3. The maximum absolute atomic E-state index is 13.2. The molecule has 0 aromatic rings. The number of hydrogen-bond acceptors (Lipinski definition) is 2. The number of likely N-dealkylation sites (tertiary alicyclic amines) is 1. The standard InChI is InChI=1S/C29H53NO2/c1-20(2)17-29(13,14)30-23(31)16-22(24(30)32)15-21(3)18-26(7,8)28(11,12)19-27(9,10)25(4,5)6/h20,22H,3,15-19H2,1-2,4-14H3. The van der Waals surface area contributed by atoms with E-state index in [4.69, 9.17) is 0 Å². The lowest BCUT2D eigenvalue weighted by molar-refractivity contribution is -0.146. The van der Waals surface area contributed by atoms with Crippen molar-refractivity contribution in [2.75, 3.05) is 0 Å². The average molecular weight is 448 g/mol. The number of imide groups is 1. The van der Waals surface area contributed by atoms with Crippen LogP contribution in [-0.2, 0) is 9.59 Å². The minimum absolute atomic E-state index is 0.00673. The van der Waals surface area contributed by atoms with E-state index in [1.165, 1.54) is 0 Å². The van der Waals surface area contributed by atoms with E-state index in [-0.39, 0.29) is 39.4 Å². The summed E-state index contributed by atoms with van der Waals surface area (Å²) < 4.78 is 0. The number of allylic oxidation sites excluding steroid dienone is 1. The van der Waals surface area contributed by atoms with Gasteiger partial charge in [-0.25, -0.2) is 0 Å². The highest BCUT2D eigenvalue weighted by atomic mass is 16.2. The van der Waals surface area contributed by atoms with Gasteiger partial charge in [0, 0.05) is 12.0 Å². The van der Waals surface area contributed by atoms with Crippen molar-refractivity contribution in [3.8, 4) is 0 Å². The molecule has 1 unspecified atom stereocenters. The zero-order chi connectivity index (χ0) is 25.5. The number of carbonyl (C=O) groups excluding carboxylic acids is 2. The molecule has 1 fully saturated rings. The van der Waals surface area contributed by atoms with Crippen molar-refractivity contribution in [1.82, 2.24) is 4.90 Å². The van der Waals surface area contributed by atoms with E-state index in [0.717, 1.165) is 24.8 Å². The van der Waals surface area contributed by atoms with Gasteiger partial charge in [0.15, 0.2) is 0 Å². The van der Waals surface area contributed by atoms with Crippen molar-refractivity contribution < 1.29 is 9.59 Å². The molecule has 0 spiro atoms. The van der Waals surface area contributed by atoms with Crippen LogP contribution in [0.4, 0.5) is 0 Å². The Morgan fingerprint density at radius 1 is 0.906 bits per heavy atom. The molecule has 0 bridgehead atoms. The number of carbonyl (C=O) groups is 2. The molecular formula is C29H53NO2. The lowest BCUT2D eigenvalue weighted by Crippen LogP contribution is -2.48. The van der Waals surface area contributed by atoms with Gasteiger partial charge < -0.3 is 0 Å². The zero-order valence-corrected chi connectivity index (χ0v) is 23.7. The van der Waals surface area contributed by atoms with Gasteiger partial charge in [-0.05, 0) is 67.1 Å². The topological polar surface area (TPSA) is 37.4 Å². The second-order valence-corrected chi connectivity index (χ2v) is 14.6. The van der Waals surface area contributed by atoms with Crippen LogP contribution in [0.15, 0.2) is 12.2 Å². The van der Waals surface area contributed by atoms with Crippen molar-refractivity contribution in [2.45, 2.75) is 128 Å². The molecule has 0 radical (unpaired) electrons. The van der Waals surface area contributed by atoms with E-state index in [1.807, 2.05) is 13.8 Å². The molecule has 0 saturated carbocycles. The first kappa shape index (κ1) is 28.9. The van der Waals surface area contributed by atoms with Gasteiger partial charge in [0.1, 0.15) is 0 Å². The van der Waals surface area contributed by atoms with E-state index >= 15 is 0 Å². The summed E-state index contributed by atoms with van der Waals surface area (Å²) in [5, 5.41) is 0. The summed E-state index contributed by atoms with van der Waals surface area (Å²) in [6.07, 6.45) is 3.74. The molecular weight excluding hydrogens is 394 g/mol. The Labute approximate surface area is 199 Å². The smallest absolute Gasteiger partial charge is 0.233 e. The molecule has 1 saturated heterocycles. The van der Waals surface area contributed by atoms with E-state index in [2.05, 4.69) is 82.7 Å². The molecule has 186 valence electrons. The van der Waals surface area contributed by atoms with Crippen molar-refractivity contribution >= 4 is 11.8 Å². The Morgan fingerprint density at radius 2 is 1.41 bits per heavy atom. The Morgan fingerprint density at radius 3 is 1.84 bits per heavy atom. The lowest BCUT2D eigenvalue weighted by atomic mass is 9.55. The van der Waals surface area contributed by atoms with Gasteiger partial charge in [0.05, 0.1) is 5.92 Å². The number of rotatable bonds is 10. The molecule has 3 nitrogen and oxygen atoms in total. The van der Waals surface area contributed by atoms with Gasteiger partial charge >= 0.3 is 0 Å². The van der Waals surface area contributed by atoms with Gasteiger partial charge in [-0.2, -0.15) is 0 Å². The van der Waals surface area contributed by atoms with Crippen molar-refractivity contribution in [3.63, 3.8) is 0 Å². The van der Waals surface area contributed by atoms with Gasteiger partial charge in [0.25, 0.3) is 0 Å². The van der Waals surface area contributed by atoms with Crippen molar-refractivity contribution in [1.29, 1.82) is 0 Å². The third-order valence-corrected chi connectivity index (χ3v) is 8.73. The van der Waals surface area contributed by atoms with Crippen LogP contribution in [0.2, 0.25) is 0 Å². The van der Waals surface area contributed by atoms with Gasteiger partial charge in [-0.1, -0.05) is 88.3 Å². The maximum atomic E-state index is 13.2. The van der Waals surface area contributed by atoms with Crippen LogP contribution in [0, 0.1) is 33.5 Å². The largest absolute Gasteiger partial charge is 0.277 e. The van der Waals surface area contributed by atoms with Crippen LogP contribution >= 0.6 is 0 Å². The molecule has 1 atom stereocenters. The highest BCUT2D eigenvalue weighted by molar-refractivity contribution is 6.04. The Balaban J connectivity index is 2.91. The Bertz CT molecular complexity index is 716. The molecule has 1 heterocycles. The summed E-state index contributed by atoms with van der Waals surface area (Å²) in [5.74, 6) is 0.143. The number of hydrogen-bond donors (Lipinski definition) is 0. The van der Waals surface area contributed by atoms with Crippen LogP contribution in [0.3, 0.4) is 0 Å². The molecule has 0 aromatic carbocycles. The third kappa shape index (κ3) is 6.48. The maximum Gasteiger partial charge on any atom is 0.233 e. The summed E-state index contributed by atoms with van der Waals surface area (Å²) in [6, 6.07) is 0. The highest BCUT2D eigenvalue weighted by Gasteiger charge is 2.47. The quantitative estimate of drug-likeness (QED) is 0.251. The Hall–Kier alpha value is -1.12. The fourth-order valence-electron chi connectivity index (χ4n) is 5.47. The molecule has 0 N–H and O–H groups in total. The molecule has 0 aliphatic carbocycles. The van der Waals surface area contributed by atoms with Gasteiger partial charge in [-0.15, -0.1) is 0 Å². The minimum Gasteiger partial charge on any atom is -0.277 e. The summed E-state index contributed by atoms with van der Waals surface area (Å²) in [4.78, 5) is 27.5. The first-order chi connectivity index (χ1) is 14.0. The van der Waals surface area contributed by atoms with Crippen molar-refractivity contribution in [2.24, 2.45) is 33.5 Å². The second kappa shape index (κ2) is 9.26.